The van der Waals surface area contributed by atoms with Crippen LogP contribution in [0.4, 0.5) is 4.79 Å². The van der Waals surface area contributed by atoms with Crippen LogP contribution in [0.15, 0.2) is 0 Å². The van der Waals surface area contributed by atoms with Gasteiger partial charge in [0.25, 0.3) is 0 Å². The van der Waals surface area contributed by atoms with Crippen LogP contribution in [0, 0.1) is 5.92 Å². The smallest absolute Gasteiger partial charge is 0.410 e. The Hall–Kier alpha value is -0.810. The molecule has 1 saturated carbocycles. The minimum atomic E-state index is -0.406. The number of hydrogen-bond acceptors (Lipinski definition) is 4. The number of rotatable bonds is 4. The fourth-order valence-corrected chi connectivity index (χ4v) is 3.30. The monoisotopic (exact) mass is 311 g/mol. The summed E-state index contributed by atoms with van der Waals surface area (Å²) >= 11 is 0. The molecule has 2 atom stereocenters. The van der Waals surface area contributed by atoms with Gasteiger partial charge in [-0.3, -0.25) is 4.90 Å². The van der Waals surface area contributed by atoms with Crippen LogP contribution in [0.1, 0.15) is 47.0 Å². The summed E-state index contributed by atoms with van der Waals surface area (Å²) in [7, 11) is 0. The van der Waals surface area contributed by atoms with Crippen LogP contribution in [-0.4, -0.2) is 66.8 Å². The molecule has 2 rings (SSSR count). The molecule has 128 valence electrons. The van der Waals surface area contributed by atoms with E-state index in [2.05, 4.69) is 17.1 Å². The van der Waals surface area contributed by atoms with E-state index in [0.717, 1.165) is 51.2 Å². The van der Waals surface area contributed by atoms with E-state index in [1.54, 1.807) is 0 Å². The van der Waals surface area contributed by atoms with Gasteiger partial charge in [0.1, 0.15) is 5.60 Å². The van der Waals surface area contributed by atoms with Crippen molar-refractivity contribution in [3.63, 3.8) is 0 Å². The van der Waals surface area contributed by atoms with Crippen molar-refractivity contribution in [3.8, 4) is 0 Å². The predicted molar refractivity (Wildman–Crippen MR) is 89.1 cm³/mol. The molecule has 1 heterocycles. The standard InChI is InChI=1S/C17H33N3O2/c1-14-5-6-15(13-14)18-7-8-19-9-11-20(12-10-19)16(21)22-17(2,3)4/h14-15,18H,5-13H2,1-4H3. The van der Waals surface area contributed by atoms with Crippen molar-refractivity contribution in [1.29, 1.82) is 0 Å². The third kappa shape index (κ3) is 5.76. The molecule has 0 radical (unpaired) electrons. The number of carbonyl (C=O) groups excluding carboxylic acids is 1. The molecule has 1 N–H and O–H groups in total. The summed E-state index contributed by atoms with van der Waals surface area (Å²) < 4.78 is 5.43. The van der Waals surface area contributed by atoms with Crippen LogP contribution in [0.25, 0.3) is 0 Å². The number of piperazine rings is 1. The lowest BCUT2D eigenvalue weighted by molar-refractivity contribution is 0.0146. The third-order valence-corrected chi connectivity index (χ3v) is 4.58. The van der Waals surface area contributed by atoms with Gasteiger partial charge in [0.2, 0.25) is 0 Å². The predicted octanol–water partition coefficient (Wildman–Crippen LogP) is 2.32. The molecule has 0 aromatic rings. The SMILES string of the molecule is CC1CCC(NCCN2CCN(C(=O)OC(C)(C)C)CC2)C1. The van der Waals surface area contributed by atoms with Gasteiger partial charge < -0.3 is 15.0 Å². The van der Waals surface area contributed by atoms with Crippen molar-refractivity contribution in [1.82, 2.24) is 15.1 Å². The molecule has 5 heteroatoms. The Bertz CT molecular complexity index is 359. The van der Waals surface area contributed by atoms with Crippen LogP contribution in [0.2, 0.25) is 0 Å². The number of amides is 1. The summed E-state index contributed by atoms with van der Waals surface area (Å²) in [6.07, 6.45) is 3.84. The van der Waals surface area contributed by atoms with Gasteiger partial charge in [-0.05, 0) is 46.0 Å². The van der Waals surface area contributed by atoms with Crippen LogP contribution in [0.3, 0.4) is 0 Å². The highest BCUT2D eigenvalue weighted by Crippen LogP contribution is 2.24. The maximum atomic E-state index is 12.0. The van der Waals surface area contributed by atoms with E-state index in [4.69, 9.17) is 4.74 Å². The van der Waals surface area contributed by atoms with E-state index in [1.165, 1.54) is 19.3 Å². The second-order valence-corrected chi connectivity index (χ2v) is 7.88. The summed E-state index contributed by atoms with van der Waals surface area (Å²) in [5.41, 5.74) is -0.406. The first-order valence-corrected chi connectivity index (χ1v) is 8.77. The topological polar surface area (TPSA) is 44.8 Å². The Kier molecular flexibility index (Phi) is 6.09. The van der Waals surface area contributed by atoms with Crippen molar-refractivity contribution >= 4 is 6.09 Å². The molecule has 0 aromatic carbocycles. The van der Waals surface area contributed by atoms with Gasteiger partial charge in [-0.2, -0.15) is 0 Å². The van der Waals surface area contributed by atoms with Gasteiger partial charge in [0.05, 0.1) is 0 Å². The van der Waals surface area contributed by atoms with Gasteiger partial charge in [-0.15, -0.1) is 0 Å². The molecule has 0 spiro atoms. The van der Waals surface area contributed by atoms with Crippen molar-refractivity contribution in [2.75, 3.05) is 39.3 Å². The average molecular weight is 311 g/mol. The highest BCUT2D eigenvalue weighted by atomic mass is 16.6. The summed E-state index contributed by atoms with van der Waals surface area (Å²) in [6.45, 7) is 13.7. The summed E-state index contributed by atoms with van der Waals surface area (Å²) in [5, 5.41) is 3.68. The third-order valence-electron chi connectivity index (χ3n) is 4.58. The Morgan fingerprint density at radius 1 is 1.18 bits per heavy atom. The number of nitrogens with zero attached hydrogens (tertiary/aromatic N) is 2. The molecular formula is C17H33N3O2. The van der Waals surface area contributed by atoms with E-state index >= 15 is 0 Å². The van der Waals surface area contributed by atoms with Crippen LogP contribution >= 0.6 is 0 Å². The maximum absolute atomic E-state index is 12.0. The van der Waals surface area contributed by atoms with Crippen LogP contribution in [0.5, 0.6) is 0 Å². The normalized spacial score (nSPS) is 27.2. The van der Waals surface area contributed by atoms with Gasteiger partial charge >= 0.3 is 6.09 Å². The Morgan fingerprint density at radius 3 is 2.41 bits per heavy atom. The molecule has 1 amide bonds. The van der Waals surface area contributed by atoms with Gasteiger partial charge in [0, 0.05) is 45.3 Å². The lowest BCUT2D eigenvalue weighted by Crippen LogP contribution is -2.51. The van der Waals surface area contributed by atoms with Crippen molar-refractivity contribution in [2.45, 2.75) is 58.6 Å². The first kappa shape index (κ1) is 17.5. The molecule has 0 bridgehead atoms. The zero-order valence-electron chi connectivity index (χ0n) is 14.7. The highest BCUT2D eigenvalue weighted by Gasteiger charge is 2.26. The molecule has 1 saturated heterocycles. The van der Waals surface area contributed by atoms with E-state index in [1.807, 2.05) is 25.7 Å². The number of carbonyl (C=O) groups is 1. The molecule has 22 heavy (non-hydrogen) atoms. The summed E-state index contributed by atoms with van der Waals surface area (Å²) in [6, 6.07) is 0.720. The minimum Gasteiger partial charge on any atom is -0.444 e. The molecule has 2 aliphatic rings. The fourth-order valence-electron chi connectivity index (χ4n) is 3.30. The Morgan fingerprint density at radius 2 is 1.86 bits per heavy atom. The zero-order chi connectivity index (χ0) is 16.2. The first-order chi connectivity index (χ1) is 10.3. The molecule has 0 aromatic heterocycles. The molecule has 5 nitrogen and oxygen atoms in total. The zero-order valence-corrected chi connectivity index (χ0v) is 14.7. The van der Waals surface area contributed by atoms with E-state index in [0.29, 0.717) is 0 Å². The average Bonchev–Trinajstić information content (AvgIpc) is 2.83. The van der Waals surface area contributed by atoms with Crippen molar-refractivity contribution in [2.24, 2.45) is 5.92 Å². The van der Waals surface area contributed by atoms with Gasteiger partial charge in [-0.25, -0.2) is 4.79 Å². The van der Waals surface area contributed by atoms with Crippen LogP contribution in [-0.2, 0) is 4.74 Å². The summed E-state index contributed by atoms with van der Waals surface area (Å²) in [5.74, 6) is 0.884. The second-order valence-electron chi connectivity index (χ2n) is 7.88. The highest BCUT2D eigenvalue weighted by molar-refractivity contribution is 5.68. The van der Waals surface area contributed by atoms with Crippen molar-refractivity contribution < 1.29 is 9.53 Å². The Labute approximate surface area is 135 Å². The summed E-state index contributed by atoms with van der Waals surface area (Å²) in [4.78, 5) is 16.3. The quantitative estimate of drug-likeness (QED) is 0.865. The lowest BCUT2D eigenvalue weighted by atomic mass is 10.1. The largest absolute Gasteiger partial charge is 0.444 e. The number of ether oxygens (including phenoxy) is 1. The number of hydrogen-bond donors (Lipinski definition) is 1. The maximum Gasteiger partial charge on any atom is 0.410 e. The van der Waals surface area contributed by atoms with Crippen molar-refractivity contribution in [3.05, 3.63) is 0 Å². The fraction of sp³-hybridized carbons (Fsp3) is 0.941. The van der Waals surface area contributed by atoms with E-state index < -0.39 is 5.60 Å². The van der Waals surface area contributed by atoms with E-state index in [-0.39, 0.29) is 6.09 Å². The van der Waals surface area contributed by atoms with Gasteiger partial charge in [-0.1, -0.05) is 6.92 Å². The molecular weight excluding hydrogens is 278 g/mol. The molecule has 1 aliphatic carbocycles. The minimum absolute atomic E-state index is 0.176. The Balaban J connectivity index is 1.60. The van der Waals surface area contributed by atoms with Crippen LogP contribution < -0.4 is 5.32 Å². The molecule has 2 unspecified atom stereocenters. The van der Waals surface area contributed by atoms with Gasteiger partial charge in [0.15, 0.2) is 0 Å². The number of nitrogens with one attached hydrogen (secondary N) is 1. The molecule has 1 aliphatic heterocycles. The lowest BCUT2D eigenvalue weighted by Gasteiger charge is -2.35. The molecule has 2 fully saturated rings. The van der Waals surface area contributed by atoms with E-state index in [9.17, 15) is 4.79 Å². The first-order valence-electron chi connectivity index (χ1n) is 8.77. The second kappa shape index (κ2) is 7.64.